The number of rotatable bonds is 1. The molecule has 0 amide bonds. The summed E-state index contributed by atoms with van der Waals surface area (Å²) in [6.45, 7) is 0. The molecule has 44 heavy (non-hydrogen) atoms. The molecule has 0 aliphatic carbocycles. The maximum absolute atomic E-state index is 13.1. The summed E-state index contributed by atoms with van der Waals surface area (Å²) < 4.78 is 43.1. The van der Waals surface area contributed by atoms with Crippen LogP contribution in [0.1, 0.15) is 50.3 Å². The molecular weight excluding hydrogens is 827 g/mol. The number of benzene rings is 3. The van der Waals surface area contributed by atoms with E-state index in [9.17, 15) is 18.0 Å². The van der Waals surface area contributed by atoms with Crippen molar-refractivity contribution in [3.05, 3.63) is 86.9 Å². The third-order valence-corrected chi connectivity index (χ3v) is 6.48. The summed E-state index contributed by atoms with van der Waals surface area (Å²) in [7, 11) is 3.51. The number of halogens is 6. The molecule has 3 heterocycles. The Morgan fingerprint density at radius 1 is 0.750 bits per heavy atom. The molecule has 0 saturated carbocycles. The number of aromatic amines is 1. The zero-order chi connectivity index (χ0) is 28.0. The van der Waals surface area contributed by atoms with Crippen LogP contribution in [0.2, 0.25) is 0 Å². The molecule has 0 radical (unpaired) electrons. The minimum absolute atomic E-state index is 0. The van der Waals surface area contributed by atoms with Gasteiger partial charge in [0.05, 0.1) is 49.6 Å². The Hall–Kier alpha value is -1.78. The Kier molecular flexibility index (Phi) is 25.3. The Labute approximate surface area is 314 Å². The standard InChI is InChI=1S/C9H7FN2O.C8H6BrFN2.C7H4BrFN2.CH3I.5CH4.Na.H2.H/c1-12-9-3-8(10)7(5-13)2-6(9)4-11-12;1-12-8-3-7(10)6(9)2-5(8)4-11-12;8-5-1-4-3-10-11-7(4)2-6(5)9;1-2;;;;;;;;/h2-5H,1H3;2-4H,1H3;1-3H,(H,10,11);1H3;5*1H4;;1H;/q;;;;;;;;;+1;;-1. The van der Waals surface area contributed by atoms with Crippen LogP contribution in [0.15, 0.2) is 63.9 Å². The van der Waals surface area contributed by atoms with Crippen LogP contribution in [0.5, 0.6) is 0 Å². The van der Waals surface area contributed by atoms with Crippen LogP contribution >= 0.6 is 54.5 Å². The zero-order valence-corrected chi connectivity index (χ0v) is 28.5. The van der Waals surface area contributed by atoms with E-state index in [1.54, 1.807) is 54.2 Å². The topological polar surface area (TPSA) is 81.4 Å². The molecule has 3 aromatic heterocycles. The first-order valence-electron chi connectivity index (χ1n) is 10.7. The Morgan fingerprint density at radius 2 is 1.18 bits per heavy atom. The third kappa shape index (κ3) is 11.9. The predicted molar refractivity (Wildman–Crippen MR) is 195 cm³/mol. The molecule has 6 rings (SSSR count). The second-order valence-electron chi connectivity index (χ2n) is 7.64. The van der Waals surface area contributed by atoms with Crippen LogP contribution in [-0.4, -0.2) is 41.0 Å². The van der Waals surface area contributed by atoms with Gasteiger partial charge in [-0.1, -0.05) is 59.7 Å². The monoisotopic (exact) mass is 868 g/mol. The summed E-state index contributed by atoms with van der Waals surface area (Å²) >= 11 is 8.35. The minimum atomic E-state index is -0.508. The smallest absolute Gasteiger partial charge is 1.00 e. The van der Waals surface area contributed by atoms with Crippen molar-refractivity contribution in [3.63, 3.8) is 0 Å². The van der Waals surface area contributed by atoms with Crippen molar-refractivity contribution >= 4 is 93.4 Å². The number of aryl methyl sites for hydroxylation is 2. The van der Waals surface area contributed by atoms with Gasteiger partial charge in [-0.3, -0.25) is 19.3 Å². The first-order chi connectivity index (χ1) is 18.2. The predicted octanol–water partition coefficient (Wildman–Crippen LogP) is 8.06. The van der Waals surface area contributed by atoms with Crippen molar-refractivity contribution in [2.45, 2.75) is 37.1 Å². The summed E-state index contributed by atoms with van der Waals surface area (Å²) in [6, 6.07) is 9.08. The van der Waals surface area contributed by atoms with Crippen molar-refractivity contribution in [1.82, 2.24) is 29.8 Å². The molecule has 0 bridgehead atoms. The molecule has 242 valence electrons. The summed E-state index contributed by atoms with van der Waals surface area (Å²) in [6.07, 6.45) is 5.46. The maximum Gasteiger partial charge on any atom is 1.00 e. The van der Waals surface area contributed by atoms with Crippen LogP contribution in [0.25, 0.3) is 32.7 Å². The van der Waals surface area contributed by atoms with E-state index in [1.165, 1.54) is 24.3 Å². The average molecular weight is 870 g/mol. The van der Waals surface area contributed by atoms with E-state index in [4.69, 9.17) is 0 Å². The Balaban J connectivity index is -0.000000117. The van der Waals surface area contributed by atoms with Crippen LogP contribution in [0, 0.1) is 17.5 Å². The summed E-state index contributed by atoms with van der Waals surface area (Å²) in [5.41, 5.74) is 2.27. The average Bonchev–Trinajstić information content (AvgIpc) is 3.61. The van der Waals surface area contributed by atoms with Crippen molar-refractivity contribution in [1.29, 1.82) is 0 Å². The van der Waals surface area contributed by atoms with E-state index < -0.39 is 5.82 Å². The number of fused-ring (bicyclic) bond motifs is 3. The van der Waals surface area contributed by atoms with Crippen LogP contribution in [-0.2, 0) is 14.1 Å². The number of carbonyl (C=O) groups is 1. The maximum atomic E-state index is 13.1. The van der Waals surface area contributed by atoms with Gasteiger partial charge in [0.2, 0.25) is 0 Å². The molecule has 1 N–H and O–H groups in total. The van der Waals surface area contributed by atoms with Crippen LogP contribution in [0.3, 0.4) is 0 Å². The number of nitrogens with one attached hydrogen (secondary N) is 1. The van der Waals surface area contributed by atoms with E-state index in [0.717, 1.165) is 21.7 Å². The molecule has 3 aromatic carbocycles. The quantitative estimate of drug-likeness (QED) is 0.0786. The van der Waals surface area contributed by atoms with Gasteiger partial charge in [0.15, 0.2) is 6.29 Å². The molecule has 0 unspecified atom stereocenters. The SMILES string of the molecule is C.C.C.C.C.CI.Cn1ncc2cc(Br)c(F)cc21.Cn1ncc2cc(C=O)c(F)cc21.Fc1cc2[nH]ncc2cc1Br.[H-].[HH].[Na+]. The molecule has 7 nitrogen and oxygen atoms in total. The molecule has 0 spiro atoms. The van der Waals surface area contributed by atoms with Gasteiger partial charge >= 0.3 is 29.6 Å². The fourth-order valence-electron chi connectivity index (χ4n) is 3.37. The summed E-state index contributed by atoms with van der Waals surface area (Å²) in [5, 5.41) is 17.0. The Bertz CT molecular complexity index is 1700. The van der Waals surface area contributed by atoms with Gasteiger partial charge in [-0.2, -0.15) is 15.3 Å². The van der Waals surface area contributed by atoms with Gasteiger partial charge in [0.1, 0.15) is 17.5 Å². The van der Waals surface area contributed by atoms with E-state index in [2.05, 4.69) is 74.8 Å². The molecule has 0 aliphatic rings. The third-order valence-electron chi connectivity index (χ3n) is 5.26. The fraction of sp³-hybridized carbons (Fsp3) is 0.267. The normalized spacial score (nSPS) is 8.93. The van der Waals surface area contributed by atoms with Gasteiger partial charge in [0, 0.05) is 49.9 Å². The number of carbonyl (C=O) groups excluding carboxylic acids is 1. The number of alkyl halides is 1. The van der Waals surface area contributed by atoms with Crippen molar-refractivity contribution in [2.75, 3.05) is 4.93 Å². The zero-order valence-electron chi connectivity index (χ0n) is 22.2. The van der Waals surface area contributed by atoms with Crippen molar-refractivity contribution < 1.29 is 50.4 Å². The largest absolute Gasteiger partial charge is 1.00 e. The van der Waals surface area contributed by atoms with Gasteiger partial charge in [-0.15, -0.1) is 0 Å². The number of hydrogen-bond acceptors (Lipinski definition) is 4. The minimum Gasteiger partial charge on any atom is -1.00 e. The summed E-state index contributed by atoms with van der Waals surface area (Å²) in [5.74, 6) is -1.04. The first kappa shape index (κ1) is 49.1. The first-order valence-corrected chi connectivity index (χ1v) is 14.4. The number of hydrogen-bond donors (Lipinski definition) is 1. The van der Waals surface area contributed by atoms with Gasteiger partial charge in [0.25, 0.3) is 0 Å². The van der Waals surface area contributed by atoms with Gasteiger partial charge < -0.3 is 1.43 Å². The van der Waals surface area contributed by atoms with E-state index in [0.29, 0.717) is 26.3 Å². The van der Waals surface area contributed by atoms with E-state index in [-0.39, 0.29) is 86.7 Å². The van der Waals surface area contributed by atoms with Crippen molar-refractivity contribution in [2.24, 2.45) is 14.1 Å². The van der Waals surface area contributed by atoms with Crippen molar-refractivity contribution in [3.8, 4) is 0 Å². The Morgan fingerprint density at radius 3 is 1.68 bits per heavy atom. The second-order valence-corrected chi connectivity index (χ2v) is 9.34. The van der Waals surface area contributed by atoms with Crippen LogP contribution in [0.4, 0.5) is 13.2 Å². The summed E-state index contributed by atoms with van der Waals surface area (Å²) in [4.78, 5) is 12.4. The fourth-order valence-corrected chi connectivity index (χ4v) is 4.09. The molecule has 0 aliphatic heterocycles. The number of nitrogens with zero attached hydrogens (tertiary/aromatic N) is 5. The molecule has 0 saturated heterocycles. The number of aromatic nitrogens is 6. The van der Waals surface area contributed by atoms with Gasteiger partial charge in [-0.25, -0.2) is 13.2 Å². The number of H-pyrrole nitrogens is 1. The van der Waals surface area contributed by atoms with Gasteiger partial charge in [-0.05, 0) is 55.0 Å². The van der Waals surface area contributed by atoms with E-state index >= 15 is 0 Å². The molecule has 6 aromatic rings. The second kappa shape index (κ2) is 22.7. The molecular formula is C30H43Br2F3IN6NaO. The molecule has 14 heteroatoms. The molecule has 0 atom stereocenters. The molecule has 0 fully saturated rings. The number of aldehydes is 1. The van der Waals surface area contributed by atoms with Crippen LogP contribution < -0.4 is 29.6 Å². The van der Waals surface area contributed by atoms with E-state index in [1.807, 2.05) is 4.93 Å².